The molecule has 0 radical (unpaired) electrons. The lowest BCUT2D eigenvalue weighted by Gasteiger charge is -2.01. The highest BCUT2D eigenvalue weighted by molar-refractivity contribution is 6.30. The highest BCUT2D eigenvalue weighted by Crippen LogP contribution is 2.17. The summed E-state index contributed by atoms with van der Waals surface area (Å²) in [6.45, 7) is 0. The van der Waals surface area contributed by atoms with Crippen LogP contribution in [0.25, 0.3) is 11.0 Å². The Morgan fingerprint density at radius 1 is 1.11 bits per heavy atom. The van der Waals surface area contributed by atoms with Crippen molar-refractivity contribution in [2.75, 3.05) is 0 Å². The minimum absolute atomic E-state index is 0.260. The summed E-state index contributed by atoms with van der Waals surface area (Å²) in [4.78, 5) is 4.29. The summed E-state index contributed by atoms with van der Waals surface area (Å²) in [5.74, 6) is 0.260. The third-order valence-electron chi connectivity index (χ3n) is 2.64. The Kier molecular flexibility index (Phi) is 2.89. The Hall–Kier alpha value is -2.40. The van der Waals surface area contributed by atoms with E-state index >= 15 is 0 Å². The molecule has 0 saturated heterocycles. The average molecular weight is 272 g/mol. The number of hydrogen-bond acceptors (Lipinski definition) is 3. The van der Waals surface area contributed by atoms with Gasteiger partial charge in [-0.3, -0.25) is 0 Å². The molecular formula is C13H10ClN5. The molecule has 3 aromatic rings. The lowest BCUT2D eigenvalue weighted by atomic mass is 10.3. The van der Waals surface area contributed by atoms with E-state index in [1.807, 2.05) is 24.3 Å². The topological polar surface area (TPSA) is 69.1 Å². The van der Waals surface area contributed by atoms with E-state index in [-0.39, 0.29) is 5.96 Å². The normalized spacial score (nSPS) is 11.9. The van der Waals surface area contributed by atoms with Gasteiger partial charge in [-0.25, -0.2) is 4.99 Å². The molecular weight excluding hydrogens is 262 g/mol. The number of rotatable bonds is 1. The highest BCUT2D eigenvalue weighted by atomic mass is 35.5. The summed E-state index contributed by atoms with van der Waals surface area (Å²) < 4.78 is 1.50. The van der Waals surface area contributed by atoms with E-state index in [2.05, 4.69) is 15.3 Å². The van der Waals surface area contributed by atoms with Crippen molar-refractivity contribution < 1.29 is 0 Å². The summed E-state index contributed by atoms with van der Waals surface area (Å²) >= 11 is 5.82. The fourth-order valence-corrected chi connectivity index (χ4v) is 1.86. The van der Waals surface area contributed by atoms with Crippen molar-refractivity contribution in [3.63, 3.8) is 0 Å². The van der Waals surface area contributed by atoms with Crippen LogP contribution in [0.1, 0.15) is 0 Å². The smallest absolute Gasteiger partial charge is 0.223 e. The van der Waals surface area contributed by atoms with Crippen LogP contribution in [0.5, 0.6) is 0 Å². The molecule has 3 rings (SSSR count). The second-order valence-electron chi connectivity index (χ2n) is 3.94. The van der Waals surface area contributed by atoms with Crippen molar-refractivity contribution in [1.82, 2.24) is 15.0 Å². The van der Waals surface area contributed by atoms with E-state index in [0.29, 0.717) is 10.7 Å². The third kappa shape index (κ3) is 2.28. The molecule has 6 heteroatoms. The van der Waals surface area contributed by atoms with E-state index in [1.165, 1.54) is 4.68 Å². The largest absolute Gasteiger partial charge is 0.368 e. The number of aliphatic imine (C=N–C) groups is 1. The number of halogens is 1. The molecule has 0 unspecified atom stereocenters. The fourth-order valence-electron chi connectivity index (χ4n) is 1.73. The van der Waals surface area contributed by atoms with Crippen molar-refractivity contribution in [1.29, 1.82) is 0 Å². The summed E-state index contributed by atoms with van der Waals surface area (Å²) in [7, 11) is 0. The zero-order valence-corrected chi connectivity index (χ0v) is 10.6. The first-order chi connectivity index (χ1) is 9.24. The predicted octanol–water partition coefficient (Wildman–Crippen LogP) is 2.58. The number of nitrogens with two attached hydrogens (primary N) is 1. The van der Waals surface area contributed by atoms with Gasteiger partial charge in [-0.2, -0.15) is 4.68 Å². The Morgan fingerprint density at radius 2 is 1.84 bits per heavy atom. The van der Waals surface area contributed by atoms with Crippen LogP contribution in [-0.4, -0.2) is 21.0 Å². The molecule has 0 aliphatic carbocycles. The minimum atomic E-state index is 0.260. The molecule has 5 nitrogen and oxygen atoms in total. The molecule has 0 bridgehead atoms. The number of benzene rings is 2. The minimum Gasteiger partial charge on any atom is -0.368 e. The van der Waals surface area contributed by atoms with Gasteiger partial charge >= 0.3 is 0 Å². The summed E-state index contributed by atoms with van der Waals surface area (Å²) in [6.07, 6.45) is 0. The lowest BCUT2D eigenvalue weighted by molar-refractivity contribution is 0.853. The monoisotopic (exact) mass is 271 g/mol. The maximum absolute atomic E-state index is 5.95. The van der Waals surface area contributed by atoms with Gasteiger partial charge in [-0.05, 0) is 36.4 Å². The highest BCUT2D eigenvalue weighted by Gasteiger charge is 2.06. The molecule has 1 heterocycles. The fraction of sp³-hybridized carbons (Fsp3) is 0. The Labute approximate surface area is 114 Å². The van der Waals surface area contributed by atoms with Gasteiger partial charge in [0.25, 0.3) is 0 Å². The van der Waals surface area contributed by atoms with Gasteiger partial charge in [-0.1, -0.05) is 28.9 Å². The molecule has 0 aliphatic heterocycles. The Morgan fingerprint density at radius 3 is 2.63 bits per heavy atom. The standard InChI is InChI=1S/C13H10ClN5/c14-9-5-7-10(8-6-9)16-13(15)19-12-4-2-1-3-11(12)17-18-19/h1-8H,(H2,15,16). The molecule has 19 heavy (non-hydrogen) atoms. The van der Waals surface area contributed by atoms with Gasteiger partial charge in [0.05, 0.1) is 11.2 Å². The summed E-state index contributed by atoms with van der Waals surface area (Å²) in [5.41, 5.74) is 8.25. The third-order valence-corrected chi connectivity index (χ3v) is 2.89. The maximum Gasteiger partial charge on any atom is 0.223 e. The number of aromatic nitrogens is 3. The van der Waals surface area contributed by atoms with Crippen molar-refractivity contribution in [3.8, 4) is 0 Å². The van der Waals surface area contributed by atoms with E-state index in [0.717, 1.165) is 11.0 Å². The number of hydrogen-bond donors (Lipinski definition) is 1. The van der Waals surface area contributed by atoms with Gasteiger partial charge < -0.3 is 5.73 Å². The summed E-state index contributed by atoms with van der Waals surface area (Å²) in [6, 6.07) is 14.6. The second kappa shape index (κ2) is 4.70. The first-order valence-corrected chi connectivity index (χ1v) is 6.02. The molecule has 94 valence electrons. The zero-order chi connectivity index (χ0) is 13.2. The molecule has 2 N–H and O–H groups in total. The van der Waals surface area contributed by atoms with Crippen LogP contribution < -0.4 is 5.73 Å². The number of para-hydroxylation sites is 1. The SMILES string of the molecule is NC(=Nc1ccc(Cl)cc1)n1nnc2ccccc21. The van der Waals surface area contributed by atoms with Crippen molar-refractivity contribution >= 4 is 34.3 Å². The van der Waals surface area contributed by atoms with Crippen LogP contribution in [0.3, 0.4) is 0 Å². The molecule has 0 atom stereocenters. The van der Waals surface area contributed by atoms with Gasteiger partial charge in [-0.15, -0.1) is 5.10 Å². The van der Waals surface area contributed by atoms with Gasteiger partial charge in [0.2, 0.25) is 5.96 Å². The van der Waals surface area contributed by atoms with Crippen molar-refractivity contribution in [2.24, 2.45) is 10.7 Å². The second-order valence-corrected chi connectivity index (χ2v) is 4.37. The van der Waals surface area contributed by atoms with Crippen LogP contribution >= 0.6 is 11.6 Å². The molecule has 0 saturated carbocycles. The van der Waals surface area contributed by atoms with Crippen molar-refractivity contribution in [3.05, 3.63) is 53.6 Å². The van der Waals surface area contributed by atoms with Crippen LogP contribution in [-0.2, 0) is 0 Å². The van der Waals surface area contributed by atoms with Gasteiger partial charge in [0, 0.05) is 5.02 Å². The lowest BCUT2D eigenvalue weighted by Crippen LogP contribution is -2.23. The van der Waals surface area contributed by atoms with Crippen LogP contribution in [0.15, 0.2) is 53.5 Å². The van der Waals surface area contributed by atoms with Crippen LogP contribution in [0, 0.1) is 0 Å². The first-order valence-electron chi connectivity index (χ1n) is 5.64. The average Bonchev–Trinajstić information content (AvgIpc) is 2.85. The zero-order valence-electron chi connectivity index (χ0n) is 9.86. The van der Waals surface area contributed by atoms with E-state index in [9.17, 15) is 0 Å². The Bertz CT molecular complexity index is 745. The number of nitrogens with zero attached hydrogens (tertiary/aromatic N) is 4. The molecule has 0 amide bonds. The van der Waals surface area contributed by atoms with Crippen LogP contribution in [0.2, 0.25) is 5.02 Å². The van der Waals surface area contributed by atoms with Gasteiger partial charge in [0.1, 0.15) is 5.52 Å². The Balaban J connectivity index is 2.03. The molecule has 2 aromatic carbocycles. The maximum atomic E-state index is 5.95. The first kappa shape index (κ1) is 11.7. The summed E-state index contributed by atoms with van der Waals surface area (Å²) in [5, 5.41) is 8.68. The van der Waals surface area contributed by atoms with Gasteiger partial charge in [0.15, 0.2) is 0 Å². The quantitative estimate of drug-likeness (QED) is 0.546. The van der Waals surface area contributed by atoms with Crippen molar-refractivity contribution in [2.45, 2.75) is 0 Å². The van der Waals surface area contributed by atoms with E-state index in [1.54, 1.807) is 24.3 Å². The van der Waals surface area contributed by atoms with E-state index < -0.39 is 0 Å². The van der Waals surface area contributed by atoms with Crippen LogP contribution in [0.4, 0.5) is 5.69 Å². The molecule has 0 aliphatic rings. The molecule has 1 aromatic heterocycles. The predicted molar refractivity (Wildman–Crippen MR) is 75.7 cm³/mol. The number of fused-ring (bicyclic) bond motifs is 1. The molecule has 0 spiro atoms. The van der Waals surface area contributed by atoms with E-state index in [4.69, 9.17) is 17.3 Å². The molecule has 0 fully saturated rings.